The van der Waals surface area contributed by atoms with Crippen LogP contribution in [0.25, 0.3) is 0 Å². The van der Waals surface area contributed by atoms with Crippen molar-refractivity contribution < 1.29 is 23.9 Å². The van der Waals surface area contributed by atoms with Gasteiger partial charge in [-0.25, -0.2) is 4.90 Å². The quantitative estimate of drug-likeness (QED) is 0.302. The summed E-state index contributed by atoms with van der Waals surface area (Å²) < 4.78 is 5.59. The first-order valence-electron chi connectivity index (χ1n) is 11.6. The minimum Gasteiger partial charge on any atom is -0.426 e. The van der Waals surface area contributed by atoms with E-state index in [1.807, 2.05) is 50.3 Å². The number of anilines is 2. The summed E-state index contributed by atoms with van der Waals surface area (Å²) in [6.07, 6.45) is 4.57. The van der Waals surface area contributed by atoms with Crippen molar-refractivity contribution in [2.75, 3.05) is 16.3 Å². The average Bonchev–Trinajstić information content (AvgIpc) is 3.32. The number of esters is 1. The van der Waals surface area contributed by atoms with Crippen molar-refractivity contribution in [3.05, 3.63) is 66.2 Å². The van der Waals surface area contributed by atoms with E-state index in [1.165, 1.54) is 4.90 Å². The van der Waals surface area contributed by atoms with Crippen LogP contribution in [0.1, 0.15) is 25.3 Å². The molecule has 2 saturated heterocycles. The number of carbonyl (C=O) groups is 4. The van der Waals surface area contributed by atoms with Crippen LogP contribution in [-0.4, -0.2) is 30.2 Å². The molecule has 0 radical (unpaired) electrons. The molecule has 4 atom stereocenters. The SMILES string of the molecule is Cc1ccccc1N1C[C@H](C(=O)Oc2cccc(N3C(=O)[C@H]4[C@H](C)C=CC[C@H]4C3=O)c2)CC1=O. The van der Waals surface area contributed by atoms with Crippen LogP contribution in [0.5, 0.6) is 5.75 Å². The van der Waals surface area contributed by atoms with Crippen LogP contribution < -0.4 is 14.5 Å². The highest BCUT2D eigenvalue weighted by Crippen LogP contribution is 2.41. The maximum absolute atomic E-state index is 13.1. The van der Waals surface area contributed by atoms with E-state index < -0.39 is 11.9 Å². The van der Waals surface area contributed by atoms with E-state index >= 15 is 0 Å². The van der Waals surface area contributed by atoms with Crippen molar-refractivity contribution in [3.63, 3.8) is 0 Å². The monoisotopic (exact) mass is 458 g/mol. The molecular weight excluding hydrogens is 432 g/mol. The number of fused-ring (bicyclic) bond motifs is 1. The first-order valence-corrected chi connectivity index (χ1v) is 11.6. The lowest BCUT2D eigenvalue weighted by atomic mass is 9.78. The van der Waals surface area contributed by atoms with E-state index in [4.69, 9.17) is 4.74 Å². The highest BCUT2D eigenvalue weighted by molar-refractivity contribution is 6.22. The number of rotatable bonds is 4. The van der Waals surface area contributed by atoms with Gasteiger partial charge in [0.05, 0.1) is 23.4 Å². The van der Waals surface area contributed by atoms with Crippen LogP contribution in [-0.2, 0) is 19.2 Å². The first kappa shape index (κ1) is 22.1. The van der Waals surface area contributed by atoms with E-state index in [0.717, 1.165) is 11.3 Å². The third-order valence-electron chi connectivity index (χ3n) is 7.03. The standard InChI is InChI=1S/C27H26N2O5/c1-16-7-3-4-12-22(16)28-15-18(13-23(28)30)27(33)34-20-10-6-9-19(14-20)29-25(31)21-11-5-8-17(2)24(21)26(29)32/h3-10,12,14,17-18,21,24H,11,13,15H2,1-2H3/t17-,18-,21-,24+/m1/s1. The number of hydrogen-bond donors (Lipinski definition) is 0. The Balaban J connectivity index is 1.31. The number of benzene rings is 2. The lowest BCUT2D eigenvalue weighted by Gasteiger charge is -2.22. The first-order chi connectivity index (χ1) is 16.3. The van der Waals surface area contributed by atoms with E-state index in [1.54, 1.807) is 29.2 Å². The summed E-state index contributed by atoms with van der Waals surface area (Å²) in [5.74, 6) is -2.13. The normalized spacial score (nSPS) is 26.2. The number of nitrogens with zero attached hydrogens (tertiary/aromatic N) is 2. The summed E-state index contributed by atoms with van der Waals surface area (Å²) in [6, 6.07) is 14.0. The van der Waals surface area contributed by atoms with Crippen LogP contribution in [0, 0.1) is 30.6 Å². The predicted octanol–water partition coefficient (Wildman–Crippen LogP) is 3.66. The Morgan fingerprint density at radius 2 is 1.82 bits per heavy atom. The Morgan fingerprint density at radius 1 is 1.03 bits per heavy atom. The molecule has 0 unspecified atom stereocenters. The number of aryl methyl sites for hydroxylation is 1. The molecule has 2 aliphatic heterocycles. The Labute approximate surface area is 198 Å². The smallest absolute Gasteiger partial charge is 0.316 e. The van der Waals surface area contributed by atoms with Gasteiger partial charge in [0.25, 0.3) is 0 Å². The summed E-state index contributed by atoms with van der Waals surface area (Å²) in [5, 5.41) is 0. The molecule has 0 N–H and O–H groups in total. The summed E-state index contributed by atoms with van der Waals surface area (Å²) in [7, 11) is 0. The molecule has 2 aromatic rings. The summed E-state index contributed by atoms with van der Waals surface area (Å²) >= 11 is 0. The van der Waals surface area contributed by atoms with E-state index in [2.05, 4.69) is 0 Å². The Bertz CT molecular complexity index is 1220. The summed E-state index contributed by atoms with van der Waals surface area (Å²) in [5.41, 5.74) is 2.15. The lowest BCUT2D eigenvalue weighted by molar-refractivity contribution is -0.139. The molecule has 3 aliphatic rings. The molecule has 174 valence electrons. The zero-order chi connectivity index (χ0) is 24.0. The fraction of sp³-hybridized carbons (Fsp3) is 0.333. The second-order valence-corrected chi connectivity index (χ2v) is 9.28. The predicted molar refractivity (Wildman–Crippen MR) is 126 cm³/mol. The molecule has 34 heavy (non-hydrogen) atoms. The van der Waals surface area contributed by atoms with Gasteiger partial charge in [-0.2, -0.15) is 0 Å². The van der Waals surface area contributed by atoms with Crippen LogP contribution in [0.15, 0.2) is 60.7 Å². The van der Waals surface area contributed by atoms with E-state index in [-0.39, 0.29) is 54.2 Å². The van der Waals surface area contributed by atoms with Crippen molar-refractivity contribution in [2.24, 2.45) is 23.7 Å². The minimum absolute atomic E-state index is 0.00249. The molecule has 1 aliphatic carbocycles. The largest absolute Gasteiger partial charge is 0.426 e. The molecule has 3 amide bonds. The maximum atomic E-state index is 13.1. The van der Waals surface area contributed by atoms with Gasteiger partial charge in [0.2, 0.25) is 17.7 Å². The van der Waals surface area contributed by atoms with Gasteiger partial charge >= 0.3 is 5.97 Å². The molecule has 5 rings (SSSR count). The number of imide groups is 1. The maximum Gasteiger partial charge on any atom is 0.316 e. The lowest BCUT2D eigenvalue weighted by Crippen LogP contribution is -2.31. The molecule has 0 bridgehead atoms. The third kappa shape index (κ3) is 3.71. The molecule has 7 heteroatoms. The number of hydrogen-bond acceptors (Lipinski definition) is 5. The van der Waals surface area contributed by atoms with Crippen molar-refractivity contribution in [1.82, 2.24) is 0 Å². The molecule has 0 saturated carbocycles. The van der Waals surface area contributed by atoms with Gasteiger partial charge in [-0.1, -0.05) is 43.3 Å². The third-order valence-corrected chi connectivity index (χ3v) is 7.03. The number of amides is 3. The second-order valence-electron chi connectivity index (χ2n) is 9.28. The van der Waals surface area contributed by atoms with Crippen molar-refractivity contribution >= 4 is 35.1 Å². The van der Waals surface area contributed by atoms with Gasteiger partial charge in [-0.05, 0) is 43.0 Å². The molecular formula is C27H26N2O5. The zero-order valence-electron chi connectivity index (χ0n) is 19.1. The van der Waals surface area contributed by atoms with Crippen molar-refractivity contribution in [2.45, 2.75) is 26.7 Å². The molecule has 0 spiro atoms. The van der Waals surface area contributed by atoms with Gasteiger partial charge in [0.1, 0.15) is 5.75 Å². The van der Waals surface area contributed by atoms with Crippen molar-refractivity contribution in [3.8, 4) is 5.75 Å². The van der Waals surface area contributed by atoms with E-state index in [9.17, 15) is 19.2 Å². The van der Waals surface area contributed by atoms with Gasteiger partial charge in [-0.3, -0.25) is 19.2 Å². The topological polar surface area (TPSA) is 84.0 Å². The van der Waals surface area contributed by atoms with Crippen molar-refractivity contribution in [1.29, 1.82) is 0 Å². The van der Waals surface area contributed by atoms with Crippen LogP contribution in [0.4, 0.5) is 11.4 Å². The van der Waals surface area contributed by atoms with Gasteiger partial charge in [-0.15, -0.1) is 0 Å². The minimum atomic E-state index is -0.597. The number of ether oxygens (including phenoxy) is 1. The summed E-state index contributed by atoms with van der Waals surface area (Å²) in [6.45, 7) is 4.12. The Kier molecular flexibility index (Phi) is 5.55. The Hall–Kier alpha value is -3.74. The van der Waals surface area contributed by atoms with Gasteiger partial charge in [0.15, 0.2) is 0 Å². The Morgan fingerprint density at radius 3 is 2.59 bits per heavy atom. The zero-order valence-corrected chi connectivity index (χ0v) is 19.1. The molecule has 0 aromatic heterocycles. The van der Waals surface area contributed by atoms with Crippen LogP contribution in [0.3, 0.4) is 0 Å². The molecule has 2 heterocycles. The fourth-order valence-corrected chi connectivity index (χ4v) is 5.25. The number of carbonyl (C=O) groups excluding carboxylic acids is 4. The van der Waals surface area contributed by atoms with Gasteiger partial charge in [0, 0.05) is 24.7 Å². The van der Waals surface area contributed by atoms with E-state index in [0.29, 0.717) is 12.1 Å². The highest BCUT2D eigenvalue weighted by atomic mass is 16.5. The van der Waals surface area contributed by atoms with Crippen LogP contribution in [0.2, 0.25) is 0 Å². The second kappa shape index (κ2) is 8.56. The average molecular weight is 459 g/mol. The fourth-order valence-electron chi connectivity index (χ4n) is 5.25. The molecule has 7 nitrogen and oxygen atoms in total. The molecule has 2 fully saturated rings. The number of allylic oxidation sites excluding steroid dienone is 2. The summed E-state index contributed by atoms with van der Waals surface area (Å²) in [4.78, 5) is 54.3. The van der Waals surface area contributed by atoms with Gasteiger partial charge < -0.3 is 9.64 Å². The highest BCUT2D eigenvalue weighted by Gasteiger charge is 2.50. The number of para-hydroxylation sites is 1. The molecule has 2 aromatic carbocycles. The van der Waals surface area contributed by atoms with Crippen LogP contribution >= 0.6 is 0 Å².